The molecule has 2 saturated heterocycles. The van der Waals surface area contributed by atoms with Crippen LogP contribution in [-0.2, 0) is 23.9 Å². The second kappa shape index (κ2) is 11.0. The molecule has 4 aliphatic heterocycles. The Balaban J connectivity index is 1.68. The fraction of sp³-hybridized carbons (Fsp3) is 0.581. The van der Waals surface area contributed by atoms with Crippen molar-refractivity contribution in [2.24, 2.45) is 17.8 Å². The molecule has 2 fully saturated rings. The Morgan fingerprint density at radius 2 is 1.82 bits per heavy atom. The van der Waals surface area contributed by atoms with Gasteiger partial charge in [-0.15, -0.1) is 0 Å². The van der Waals surface area contributed by atoms with Gasteiger partial charge in [-0.05, 0) is 55.9 Å². The van der Waals surface area contributed by atoms with E-state index in [2.05, 4.69) is 0 Å². The number of aliphatic hydroxyl groups excluding tert-OH is 1. The van der Waals surface area contributed by atoms with Crippen LogP contribution in [0.15, 0.2) is 48.6 Å². The van der Waals surface area contributed by atoms with Gasteiger partial charge in [0.2, 0.25) is 5.91 Å². The highest BCUT2D eigenvalue weighted by atomic mass is 16.6. The summed E-state index contributed by atoms with van der Waals surface area (Å²) in [5.41, 5.74) is -1.85. The number of ether oxygens (including phenoxy) is 3. The number of hydrogen-bond donors (Lipinski definition) is 1. The monoisotopic (exact) mass is 552 g/mol. The molecule has 6 atom stereocenters. The molecule has 0 aromatic heterocycles. The highest BCUT2D eigenvalue weighted by Gasteiger charge is 2.75. The molecule has 1 spiro atoms. The van der Waals surface area contributed by atoms with Crippen LogP contribution in [0.3, 0.4) is 0 Å². The van der Waals surface area contributed by atoms with E-state index in [4.69, 9.17) is 14.2 Å². The first kappa shape index (κ1) is 28.4. The fourth-order valence-electron chi connectivity index (χ4n) is 7.02. The van der Waals surface area contributed by atoms with E-state index in [-0.39, 0.29) is 37.5 Å². The van der Waals surface area contributed by atoms with Crippen molar-refractivity contribution in [3.63, 3.8) is 0 Å². The van der Waals surface area contributed by atoms with Crippen molar-refractivity contribution in [2.75, 3.05) is 31.8 Å². The summed E-state index contributed by atoms with van der Waals surface area (Å²) in [6.07, 6.45) is 9.91. The van der Waals surface area contributed by atoms with Crippen LogP contribution in [0.2, 0.25) is 0 Å². The number of carbonyl (C=O) groups is 3. The molecule has 9 heteroatoms. The topological polar surface area (TPSA) is 106 Å². The molecule has 1 N–H and O–H groups in total. The molecule has 40 heavy (non-hydrogen) atoms. The number of methoxy groups -OCH3 is 1. The maximum atomic E-state index is 14.6. The van der Waals surface area contributed by atoms with Crippen molar-refractivity contribution in [1.29, 1.82) is 0 Å². The molecule has 2 amide bonds. The zero-order valence-corrected chi connectivity index (χ0v) is 23.7. The Hall–Kier alpha value is -3.17. The second-order valence-corrected chi connectivity index (χ2v) is 11.6. The predicted molar refractivity (Wildman–Crippen MR) is 149 cm³/mol. The Kier molecular flexibility index (Phi) is 7.81. The molecule has 4 heterocycles. The van der Waals surface area contributed by atoms with E-state index >= 15 is 0 Å². The van der Waals surface area contributed by atoms with Gasteiger partial charge in [0.25, 0.3) is 5.91 Å². The molecule has 9 nitrogen and oxygen atoms in total. The highest BCUT2D eigenvalue weighted by Crippen LogP contribution is 2.58. The van der Waals surface area contributed by atoms with Gasteiger partial charge in [0.05, 0.1) is 32.3 Å². The Morgan fingerprint density at radius 3 is 2.48 bits per heavy atom. The molecular formula is C31H40N2O7. The average Bonchev–Trinajstić information content (AvgIpc) is 3.33. The molecule has 0 saturated carbocycles. The van der Waals surface area contributed by atoms with Gasteiger partial charge >= 0.3 is 5.97 Å². The van der Waals surface area contributed by atoms with Gasteiger partial charge in [0, 0.05) is 12.2 Å². The number of fused-ring (bicyclic) bond motifs is 2. The number of hydrogen-bond acceptors (Lipinski definition) is 7. The van der Waals surface area contributed by atoms with Crippen LogP contribution in [0, 0.1) is 17.8 Å². The third-order valence-corrected chi connectivity index (χ3v) is 8.80. The lowest BCUT2D eigenvalue weighted by atomic mass is 9.73. The normalized spacial score (nSPS) is 33.4. The number of rotatable bonds is 7. The number of aliphatic hydroxyl groups is 1. The van der Waals surface area contributed by atoms with E-state index in [9.17, 15) is 19.5 Å². The standard InChI is InChI=1S/C31H40N2O7/c1-5-30-14-7-6-8-17-39-29(37)25(30)24-27(35)33(22(19-34)18-20(2)3)26-28(36)32(16-9-15-31(24,26)40-30)21-10-12-23(38-4)13-11-21/h7,9-15,20,22,24-26,34H,5-6,8,16-19H2,1-4H3/b14-7-/t22-,24+,25-,26?,30+,31+/m1/s1. The minimum atomic E-state index is -1.40. The number of likely N-dealkylation sites (tertiary alicyclic amines) is 1. The summed E-state index contributed by atoms with van der Waals surface area (Å²) in [6.45, 7) is 6.16. The maximum Gasteiger partial charge on any atom is 0.313 e. The quantitative estimate of drug-likeness (QED) is 0.409. The smallest absolute Gasteiger partial charge is 0.313 e. The number of benzene rings is 1. The van der Waals surface area contributed by atoms with E-state index in [1.54, 1.807) is 36.3 Å². The highest BCUT2D eigenvalue weighted by molar-refractivity contribution is 6.05. The first-order chi connectivity index (χ1) is 19.2. The average molecular weight is 553 g/mol. The van der Waals surface area contributed by atoms with E-state index in [1.165, 1.54) is 4.90 Å². The van der Waals surface area contributed by atoms with Gasteiger partial charge in [-0.2, -0.15) is 0 Å². The van der Waals surface area contributed by atoms with Crippen molar-refractivity contribution in [2.45, 2.75) is 69.7 Å². The van der Waals surface area contributed by atoms with Gasteiger partial charge in [-0.25, -0.2) is 0 Å². The molecule has 1 aromatic carbocycles. The van der Waals surface area contributed by atoms with Crippen molar-refractivity contribution in [3.8, 4) is 5.75 Å². The number of anilines is 1. The summed E-state index contributed by atoms with van der Waals surface area (Å²) in [5, 5.41) is 10.5. The van der Waals surface area contributed by atoms with Crippen LogP contribution in [0.1, 0.15) is 46.5 Å². The summed E-state index contributed by atoms with van der Waals surface area (Å²) in [4.78, 5) is 46.0. The molecule has 0 radical (unpaired) electrons. The van der Waals surface area contributed by atoms with Crippen molar-refractivity contribution >= 4 is 23.5 Å². The van der Waals surface area contributed by atoms with Gasteiger partial charge in [-0.1, -0.05) is 45.1 Å². The second-order valence-electron chi connectivity index (χ2n) is 11.6. The Bertz CT molecular complexity index is 1190. The number of nitrogens with zero attached hydrogens (tertiary/aromatic N) is 2. The fourth-order valence-corrected chi connectivity index (χ4v) is 7.02. The summed E-state index contributed by atoms with van der Waals surface area (Å²) in [6, 6.07) is 5.50. The summed E-state index contributed by atoms with van der Waals surface area (Å²) >= 11 is 0. The summed E-state index contributed by atoms with van der Waals surface area (Å²) in [7, 11) is 1.58. The third-order valence-electron chi connectivity index (χ3n) is 8.80. The lowest BCUT2D eigenvalue weighted by molar-refractivity contribution is -0.161. The lowest BCUT2D eigenvalue weighted by Crippen LogP contribution is -2.59. The van der Waals surface area contributed by atoms with Gasteiger partial charge in [0.1, 0.15) is 28.9 Å². The number of allylic oxidation sites excluding steroid dienone is 1. The number of esters is 1. The van der Waals surface area contributed by atoms with E-state index in [0.29, 0.717) is 37.1 Å². The van der Waals surface area contributed by atoms with E-state index in [1.807, 2.05) is 45.1 Å². The molecule has 216 valence electrons. The van der Waals surface area contributed by atoms with Crippen LogP contribution in [0.4, 0.5) is 5.69 Å². The van der Waals surface area contributed by atoms with Gasteiger partial charge < -0.3 is 29.1 Å². The van der Waals surface area contributed by atoms with Gasteiger partial charge in [-0.3, -0.25) is 14.4 Å². The Morgan fingerprint density at radius 1 is 1.07 bits per heavy atom. The van der Waals surface area contributed by atoms with Crippen molar-refractivity contribution in [1.82, 2.24) is 4.90 Å². The zero-order chi connectivity index (χ0) is 28.7. The predicted octanol–water partition coefficient (Wildman–Crippen LogP) is 3.26. The van der Waals surface area contributed by atoms with Gasteiger partial charge in [0.15, 0.2) is 0 Å². The number of carbonyl (C=O) groups excluding carboxylic acids is 3. The Labute approximate surface area is 235 Å². The third kappa shape index (κ3) is 4.43. The SMILES string of the molecule is CC[C@]12/C=C\CCCOC(=O)[C@H]1[C@H]1C(=O)N([C@@H](CO)CC(C)C)C3C(=O)N(c4ccc(OC)cc4)CC=C[C@@]31O2. The van der Waals surface area contributed by atoms with E-state index < -0.39 is 41.1 Å². The largest absolute Gasteiger partial charge is 0.497 e. The van der Waals surface area contributed by atoms with Crippen molar-refractivity contribution < 1.29 is 33.7 Å². The lowest BCUT2D eigenvalue weighted by Gasteiger charge is -2.41. The number of amides is 2. The van der Waals surface area contributed by atoms with Crippen LogP contribution in [-0.4, -0.2) is 77.9 Å². The zero-order valence-electron chi connectivity index (χ0n) is 23.7. The van der Waals surface area contributed by atoms with Crippen LogP contribution >= 0.6 is 0 Å². The summed E-state index contributed by atoms with van der Waals surface area (Å²) in [5.74, 6) is -2.23. The minimum Gasteiger partial charge on any atom is -0.497 e. The summed E-state index contributed by atoms with van der Waals surface area (Å²) < 4.78 is 17.9. The first-order valence-corrected chi connectivity index (χ1v) is 14.3. The molecule has 0 aliphatic carbocycles. The molecule has 1 unspecified atom stereocenters. The number of cyclic esters (lactones) is 1. The molecule has 0 bridgehead atoms. The minimum absolute atomic E-state index is 0.156. The van der Waals surface area contributed by atoms with E-state index in [0.717, 1.165) is 0 Å². The van der Waals surface area contributed by atoms with Crippen LogP contribution in [0.5, 0.6) is 5.75 Å². The molecular weight excluding hydrogens is 512 g/mol. The van der Waals surface area contributed by atoms with Crippen LogP contribution in [0.25, 0.3) is 0 Å². The molecule has 1 aromatic rings. The first-order valence-electron chi connectivity index (χ1n) is 14.3. The molecule has 5 rings (SSSR count). The maximum absolute atomic E-state index is 14.6. The van der Waals surface area contributed by atoms with Crippen molar-refractivity contribution in [3.05, 3.63) is 48.6 Å². The van der Waals surface area contributed by atoms with Crippen LogP contribution < -0.4 is 9.64 Å². The molecule has 4 aliphatic rings.